The molecule has 0 unspecified atom stereocenters. The molecule has 0 radical (unpaired) electrons. The van der Waals surface area contributed by atoms with Gasteiger partial charge in [0.15, 0.2) is 0 Å². The van der Waals surface area contributed by atoms with E-state index in [0.29, 0.717) is 6.54 Å². The minimum Gasteiger partial charge on any atom is -0.461 e. The molecular formula is C27H30N4O2. The number of nitrogens with zero attached hydrogens (tertiary/aromatic N) is 4. The summed E-state index contributed by atoms with van der Waals surface area (Å²) >= 11 is 0. The Kier molecular flexibility index (Phi) is 5.75. The zero-order chi connectivity index (χ0) is 22.9. The summed E-state index contributed by atoms with van der Waals surface area (Å²) < 4.78 is 9.82. The molecule has 0 bridgehead atoms. The van der Waals surface area contributed by atoms with Gasteiger partial charge in [0.1, 0.15) is 12.4 Å². The number of rotatable bonds is 6. The van der Waals surface area contributed by atoms with Crippen LogP contribution in [0.2, 0.25) is 0 Å². The Bertz CT molecular complexity index is 1330. The number of aromatic nitrogens is 4. The molecule has 0 saturated carbocycles. The standard InChI is InChI=1S/C27H30N4O2/c1-4-31-21(15-23(29-31)22-10-8-18(2)13-19(22)3)16-27(32)33-17-20-9-11-25-24(14-20)28-26-7-5-6-12-30(25)26/h8-11,13-15H,4-7,12,16-17H2,1-3H3. The minimum atomic E-state index is -0.249. The molecule has 0 amide bonds. The van der Waals surface area contributed by atoms with Gasteiger partial charge in [0.2, 0.25) is 0 Å². The zero-order valence-electron chi connectivity index (χ0n) is 19.6. The highest BCUT2D eigenvalue weighted by Gasteiger charge is 2.17. The normalized spacial score (nSPS) is 13.3. The summed E-state index contributed by atoms with van der Waals surface area (Å²) in [5, 5.41) is 4.73. The van der Waals surface area contributed by atoms with Gasteiger partial charge in [-0.2, -0.15) is 5.10 Å². The van der Waals surface area contributed by atoms with Crippen molar-refractivity contribution in [3.05, 3.63) is 70.7 Å². The first-order chi connectivity index (χ1) is 16.0. The first-order valence-electron chi connectivity index (χ1n) is 11.8. The Labute approximate surface area is 194 Å². The third-order valence-electron chi connectivity index (χ3n) is 6.47. The van der Waals surface area contributed by atoms with Crippen molar-refractivity contribution >= 4 is 17.0 Å². The molecule has 0 saturated heterocycles. The third kappa shape index (κ3) is 4.30. The van der Waals surface area contributed by atoms with Crippen LogP contribution in [0, 0.1) is 13.8 Å². The van der Waals surface area contributed by atoms with E-state index in [2.05, 4.69) is 42.7 Å². The van der Waals surface area contributed by atoms with E-state index in [1.807, 2.05) is 29.8 Å². The van der Waals surface area contributed by atoms with Crippen LogP contribution in [0.1, 0.15) is 48.0 Å². The van der Waals surface area contributed by atoms with Gasteiger partial charge in [-0.05, 0) is 62.9 Å². The van der Waals surface area contributed by atoms with E-state index in [4.69, 9.17) is 14.8 Å². The molecule has 1 aliphatic heterocycles. The van der Waals surface area contributed by atoms with Crippen molar-refractivity contribution in [3.63, 3.8) is 0 Å². The summed E-state index contributed by atoms with van der Waals surface area (Å²) in [4.78, 5) is 17.4. The van der Waals surface area contributed by atoms with E-state index in [1.165, 1.54) is 29.5 Å². The molecule has 170 valence electrons. The van der Waals surface area contributed by atoms with Crippen molar-refractivity contribution in [1.29, 1.82) is 0 Å². The lowest BCUT2D eigenvalue weighted by Gasteiger charge is -2.13. The van der Waals surface area contributed by atoms with Gasteiger partial charge in [0, 0.05) is 25.1 Å². The van der Waals surface area contributed by atoms with Crippen molar-refractivity contribution < 1.29 is 9.53 Å². The van der Waals surface area contributed by atoms with Gasteiger partial charge in [-0.25, -0.2) is 4.98 Å². The summed E-state index contributed by atoms with van der Waals surface area (Å²) in [7, 11) is 0. The van der Waals surface area contributed by atoms with Crippen molar-refractivity contribution in [1.82, 2.24) is 19.3 Å². The van der Waals surface area contributed by atoms with E-state index < -0.39 is 0 Å². The van der Waals surface area contributed by atoms with Crippen molar-refractivity contribution in [3.8, 4) is 11.3 Å². The number of esters is 1. The highest BCUT2D eigenvalue weighted by molar-refractivity contribution is 5.77. The summed E-state index contributed by atoms with van der Waals surface area (Å²) in [6.45, 7) is 8.20. The average Bonchev–Trinajstić information content (AvgIpc) is 3.38. The van der Waals surface area contributed by atoms with Gasteiger partial charge in [0.25, 0.3) is 0 Å². The largest absolute Gasteiger partial charge is 0.461 e. The molecule has 2 aromatic heterocycles. The van der Waals surface area contributed by atoms with Crippen LogP contribution in [0.5, 0.6) is 0 Å². The first kappa shape index (κ1) is 21.4. The number of ether oxygens (including phenoxy) is 1. The summed E-state index contributed by atoms with van der Waals surface area (Å²) in [5.41, 5.74) is 8.39. The second kappa shape index (κ2) is 8.85. The molecule has 1 aliphatic rings. The lowest BCUT2D eigenvalue weighted by Crippen LogP contribution is -2.12. The van der Waals surface area contributed by atoms with Crippen molar-refractivity contribution in [2.24, 2.45) is 0 Å². The lowest BCUT2D eigenvalue weighted by molar-refractivity contribution is -0.144. The Morgan fingerprint density at radius 2 is 1.97 bits per heavy atom. The number of hydrogen-bond acceptors (Lipinski definition) is 4. The molecule has 2 aromatic carbocycles. The number of imidazole rings is 1. The van der Waals surface area contributed by atoms with Crippen LogP contribution in [0.4, 0.5) is 0 Å². The fourth-order valence-corrected chi connectivity index (χ4v) is 4.78. The fraction of sp³-hybridized carbons (Fsp3) is 0.370. The number of carbonyl (C=O) groups is 1. The third-order valence-corrected chi connectivity index (χ3v) is 6.47. The Morgan fingerprint density at radius 1 is 1.09 bits per heavy atom. The minimum absolute atomic E-state index is 0.201. The van der Waals surface area contributed by atoms with Gasteiger partial charge in [-0.1, -0.05) is 29.8 Å². The van der Waals surface area contributed by atoms with E-state index in [0.717, 1.165) is 46.8 Å². The molecule has 33 heavy (non-hydrogen) atoms. The molecule has 6 heteroatoms. The second-order valence-electron chi connectivity index (χ2n) is 8.95. The van der Waals surface area contributed by atoms with Gasteiger partial charge in [-0.3, -0.25) is 9.48 Å². The highest BCUT2D eigenvalue weighted by atomic mass is 16.5. The predicted molar refractivity (Wildman–Crippen MR) is 129 cm³/mol. The summed E-state index contributed by atoms with van der Waals surface area (Å²) in [6, 6.07) is 14.5. The SMILES string of the molecule is CCn1nc(-c2ccc(C)cc2C)cc1CC(=O)OCc1ccc2c(c1)nc1n2CCCC1. The molecular weight excluding hydrogens is 412 g/mol. The number of benzene rings is 2. The molecule has 0 aliphatic carbocycles. The molecule has 0 fully saturated rings. The molecule has 0 atom stereocenters. The van der Waals surface area contributed by atoms with Gasteiger partial charge in [-0.15, -0.1) is 0 Å². The highest BCUT2D eigenvalue weighted by Crippen LogP contribution is 2.25. The Morgan fingerprint density at radius 3 is 2.79 bits per heavy atom. The van der Waals surface area contributed by atoms with Crippen LogP contribution in [-0.2, 0) is 42.1 Å². The van der Waals surface area contributed by atoms with Crippen LogP contribution < -0.4 is 0 Å². The maximum absolute atomic E-state index is 12.7. The maximum atomic E-state index is 12.7. The quantitative estimate of drug-likeness (QED) is 0.387. The molecule has 4 aromatic rings. The van der Waals surface area contributed by atoms with Gasteiger partial charge >= 0.3 is 5.97 Å². The molecule has 5 rings (SSSR count). The Hall–Kier alpha value is -3.41. The van der Waals surface area contributed by atoms with E-state index in [-0.39, 0.29) is 19.0 Å². The predicted octanol–water partition coefficient (Wildman–Crippen LogP) is 5.16. The summed E-state index contributed by atoms with van der Waals surface area (Å²) in [6.07, 6.45) is 3.64. The zero-order valence-corrected chi connectivity index (χ0v) is 19.6. The van der Waals surface area contributed by atoms with Crippen LogP contribution >= 0.6 is 0 Å². The van der Waals surface area contributed by atoms with Crippen LogP contribution in [0.25, 0.3) is 22.3 Å². The number of fused-ring (bicyclic) bond motifs is 3. The maximum Gasteiger partial charge on any atom is 0.312 e. The van der Waals surface area contributed by atoms with Crippen LogP contribution in [-0.4, -0.2) is 25.3 Å². The second-order valence-corrected chi connectivity index (χ2v) is 8.95. The van der Waals surface area contributed by atoms with Crippen molar-refractivity contribution in [2.45, 2.75) is 66.2 Å². The van der Waals surface area contributed by atoms with Crippen LogP contribution in [0.15, 0.2) is 42.5 Å². The topological polar surface area (TPSA) is 61.9 Å². The lowest BCUT2D eigenvalue weighted by atomic mass is 10.0. The Balaban J connectivity index is 1.28. The van der Waals surface area contributed by atoms with E-state index >= 15 is 0 Å². The fourth-order valence-electron chi connectivity index (χ4n) is 4.78. The first-order valence-corrected chi connectivity index (χ1v) is 11.8. The number of carbonyl (C=O) groups excluding carboxylic acids is 1. The molecule has 3 heterocycles. The monoisotopic (exact) mass is 442 g/mol. The van der Waals surface area contributed by atoms with E-state index in [9.17, 15) is 4.79 Å². The van der Waals surface area contributed by atoms with Crippen molar-refractivity contribution in [2.75, 3.05) is 0 Å². The summed E-state index contributed by atoms with van der Waals surface area (Å²) in [5.74, 6) is 0.916. The average molecular weight is 443 g/mol. The number of hydrogen-bond donors (Lipinski definition) is 0. The van der Waals surface area contributed by atoms with Crippen LogP contribution in [0.3, 0.4) is 0 Å². The smallest absolute Gasteiger partial charge is 0.312 e. The van der Waals surface area contributed by atoms with Gasteiger partial charge in [0.05, 0.1) is 28.8 Å². The van der Waals surface area contributed by atoms with E-state index in [1.54, 1.807) is 0 Å². The molecule has 6 nitrogen and oxygen atoms in total. The van der Waals surface area contributed by atoms with Gasteiger partial charge < -0.3 is 9.30 Å². The molecule has 0 N–H and O–H groups in total. The number of aryl methyl sites for hydroxylation is 5. The molecule has 0 spiro atoms.